The molecule has 0 aromatic heterocycles. The molecule has 1 aliphatic carbocycles. The number of aliphatic hydroxyl groups excluding tert-OH is 1. The molecule has 4 N–H and O–H groups in total. The molecule has 0 unspecified atom stereocenters. The Balaban J connectivity index is 1.84. The Labute approximate surface area is 174 Å². The van der Waals surface area contributed by atoms with Crippen LogP contribution >= 0.6 is 0 Å². The van der Waals surface area contributed by atoms with Crippen molar-refractivity contribution in [2.45, 2.75) is 52.4 Å². The number of nitrogens with zero attached hydrogens (tertiary/aromatic N) is 1. The topological polar surface area (TPSA) is 95.0 Å². The summed E-state index contributed by atoms with van der Waals surface area (Å²) in [6, 6.07) is 7.36. The van der Waals surface area contributed by atoms with Crippen LogP contribution in [0.5, 0.6) is 5.75 Å². The van der Waals surface area contributed by atoms with Crippen LogP contribution < -0.4 is 20.7 Å². The second-order valence-electron chi connectivity index (χ2n) is 7.71. The summed E-state index contributed by atoms with van der Waals surface area (Å²) in [7, 11) is 0. The normalized spacial score (nSPS) is 16.2. The molecular formula is C22H36N4O3. The van der Waals surface area contributed by atoms with Crippen molar-refractivity contribution >= 4 is 17.6 Å². The van der Waals surface area contributed by atoms with E-state index in [0.717, 1.165) is 44.0 Å². The molecule has 0 bridgehead atoms. The van der Waals surface area contributed by atoms with Gasteiger partial charge in [0, 0.05) is 38.4 Å². The van der Waals surface area contributed by atoms with Gasteiger partial charge in [-0.1, -0.05) is 25.3 Å². The third-order valence-corrected chi connectivity index (χ3v) is 5.29. The molecule has 0 saturated heterocycles. The second kappa shape index (κ2) is 12.3. The van der Waals surface area contributed by atoms with Crippen LogP contribution in [0.1, 0.15) is 52.4 Å². The third kappa shape index (κ3) is 8.31. The maximum atomic E-state index is 11.2. The van der Waals surface area contributed by atoms with Gasteiger partial charge < -0.3 is 25.8 Å². The van der Waals surface area contributed by atoms with Crippen LogP contribution in [0.4, 0.5) is 5.69 Å². The Morgan fingerprint density at radius 3 is 2.72 bits per heavy atom. The number of hydrogen-bond acceptors (Lipinski definition) is 4. The highest BCUT2D eigenvalue weighted by Gasteiger charge is 2.31. The average molecular weight is 405 g/mol. The summed E-state index contributed by atoms with van der Waals surface area (Å²) >= 11 is 0. The fourth-order valence-corrected chi connectivity index (χ4v) is 3.82. The molecule has 1 fully saturated rings. The van der Waals surface area contributed by atoms with Crippen molar-refractivity contribution < 1.29 is 14.6 Å². The zero-order valence-corrected chi connectivity index (χ0v) is 17.8. The van der Waals surface area contributed by atoms with Crippen LogP contribution in [-0.4, -0.2) is 49.8 Å². The van der Waals surface area contributed by atoms with Crippen molar-refractivity contribution in [2.24, 2.45) is 10.4 Å². The van der Waals surface area contributed by atoms with E-state index in [1.54, 1.807) is 0 Å². The zero-order chi connectivity index (χ0) is 21.0. The summed E-state index contributed by atoms with van der Waals surface area (Å²) in [6.07, 6.45) is 6.85. The average Bonchev–Trinajstić information content (AvgIpc) is 2.70. The first-order chi connectivity index (χ1) is 14.1. The number of aliphatic hydroxyl groups is 1. The van der Waals surface area contributed by atoms with E-state index in [9.17, 15) is 9.90 Å². The first kappa shape index (κ1) is 23.0. The van der Waals surface area contributed by atoms with Crippen molar-refractivity contribution in [1.29, 1.82) is 0 Å². The van der Waals surface area contributed by atoms with Gasteiger partial charge in [0.05, 0.1) is 6.54 Å². The summed E-state index contributed by atoms with van der Waals surface area (Å²) < 4.78 is 5.78. The molecule has 7 heteroatoms. The minimum atomic E-state index is -0.104. The van der Waals surface area contributed by atoms with E-state index in [1.165, 1.54) is 26.2 Å². The third-order valence-electron chi connectivity index (χ3n) is 5.29. The number of guanidine groups is 1. The number of carbonyl (C=O) groups excluding carboxylic acids is 1. The maximum Gasteiger partial charge on any atom is 0.221 e. The first-order valence-corrected chi connectivity index (χ1v) is 10.7. The molecule has 1 saturated carbocycles. The fourth-order valence-electron chi connectivity index (χ4n) is 3.82. The number of amides is 1. The predicted molar refractivity (Wildman–Crippen MR) is 117 cm³/mol. The van der Waals surface area contributed by atoms with Crippen molar-refractivity contribution in [3.8, 4) is 5.75 Å². The number of benzene rings is 1. The largest absolute Gasteiger partial charge is 0.492 e. The molecule has 0 radical (unpaired) electrons. The highest BCUT2D eigenvalue weighted by atomic mass is 16.5. The Hall–Kier alpha value is -2.28. The number of carbonyl (C=O) groups is 1. The summed E-state index contributed by atoms with van der Waals surface area (Å²) in [4.78, 5) is 16.0. The number of nitrogens with one attached hydrogen (secondary N) is 3. The molecule has 0 heterocycles. The van der Waals surface area contributed by atoms with E-state index in [0.29, 0.717) is 18.9 Å². The lowest BCUT2D eigenvalue weighted by atomic mass is 9.72. The van der Waals surface area contributed by atoms with Crippen LogP contribution in [0.2, 0.25) is 0 Å². The molecule has 1 aromatic carbocycles. The molecule has 0 spiro atoms. The molecule has 7 nitrogen and oxygen atoms in total. The predicted octanol–water partition coefficient (Wildman–Crippen LogP) is 2.91. The highest BCUT2D eigenvalue weighted by Crippen LogP contribution is 2.39. The van der Waals surface area contributed by atoms with Crippen LogP contribution in [0.15, 0.2) is 29.3 Å². The van der Waals surface area contributed by atoms with Gasteiger partial charge in [0.25, 0.3) is 0 Å². The number of anilines is 1. The van der Waals surface area contributed by atoms with Gasteiger partial charge in [-0.05, 0) is 43.7 Å². The van der Waals surface area contributed by atoms with Gasteiger partial charge in [-0.15, -0.1) is 0 Å². The molecule has 0 atom stereocenters. The maximum absolute atomic E-state index is 11.2. The summed E-state index contributed by atoms with van der Waals surface area (Å²) in [6.45, 7) is 6.38. The molecular weight excluding hydrogens is 368 g/mol. The lowest BCUT2D eigenvalue weighted by Gasteiger charge is -2.35. The molecule has 0 aliphatic heterocycles. The van der Waals surface area contributed by atoms with Gasteiger partial charge in [-0.3, -0.25) is 9.79 Å². The van der Waals surface area contributed by atoms with Crippen molar-refractivity contribution in [1.82, 2.24) is 10.6 Å². The summed E-state index contributed by atoms with van der Waals surface area (Å²) in [5.41, 5.74) is 0.857. The number of aliphatic imine (C=N–C) groups is 1. The van der Waals surface area contributed by atoms with E-state index in [-0.39, 0.29) is 17.9 Å². The van der Waals surface area contributed by atoms with Gasteiger partial charge in [0.1, 0.15) is 12.4 Å². The standard InChI is InChI=1S/C22H36N4O3/c1-3-23-21(25-17-22(12-14-27)10-5-4-6-11-22)24-13-15-29-20-9-7-8-19(16-20)26-18(2)28/h7-9,16,27H,3-6,10-15,17H2,1-2H3,(H,26,28)(H2,23,24,25). The minimum absolute atomic E-state index is 0.104. The minimum Gasteiger partial charge on any atom is -0.492 e. The lowest BCUT2D eigenvalue weighted by Crippen LogP contribution is -2.40. The van der Waals surface area contributed by atoms with Gasteiger partial charge in [-0.25, -0.2) is 0 Å². The van der Waals surface area contributed by atoms with Crippen molar-refractivity contribution in [2.75, 3.05) is 38.2 Å². The molecule has 162 valence electrons. The van der Waals surface area contributed by atoms with E-state index in [2.05, 4.69) is 16.0 Å². The molecule has 2 rings (SSSR count). The fraction of sp³-hybridized carbons (Fsp3) is 0.636. The van der Waals surface area contributed by atoms with E-state index >= 15 is 0 Å². The van der Waals surface area contributed by atoms with Gasteiger partial charge >= 0.3 is 0 Å². The summed E-state index contributed by atoms with van der Waals surface area (Å²) in [5, 5.41) is 18.8. The van der Waals surface area contributed by atoms with Gasteiger partial charge in [0.15, 0.2) is 5.96 Å². The number of rotatable bonds is 10. The number of hydrogen-bond donors (Lipinski definition) is 4. The van der Waals surface area contributed by atoms with E-state index in [1.807, 2.05) is 31.2 Å². The Morgan fingerprint density at radius 2 is 2.03 bits per heavy atom. The highest BCUT2D eigenvalue weighted by molar-refractivity contribution is 5.88. The first-order valence-electron chi connectivity index (χ1n) is 10.7. The zero-order valence-electron chi connectivity index (χ0n) is 17.8. The van der Waals surface area contributed by atoms with E-state index in [4.69, 9.17) is 9.73 Å². The SMILES string of the molecule is CCNC(=NCC1(CCO)CCCCC1)NCCOc1cccc(NC(C)=O)c1. The molecule has 1 aromatic rings. The Bertz CT molecular complexity index is 652. The van der Waals surface area contributed by atoms with Crippen LogP contribution in [-0.2, 0) is 4.79 Å². The van der Waals surface area contributed by atoms with Crippen molar-refractivity contribution in [3.05, 3.63) is 24.3 Å². The van der Waals surface area contributed by atoms with Gasteiger partial charge in [0.2, 0.25) is 5.91 Å². The number of ether oxygens (including phenoxy) is 1. The van der Waals surface area contributed by atoms with Crippen LogP contribution in [0.25, 0.3) is 0 Å². The van der Waals surface area contributed by atoms with Crippen LogP contribution in [0.3, 0.4) is 0 Å². The molecule has 1 aliphatic rings. The molecule has 1 amide bonds. The quantitative estimate of drug-likeness (QED) is 0.273. The van der Waals surface area contributed by atoms with Gasteiger partial charge in [-0.2, -0.15) is 0 Å². The van der Waals surface area contributed by atoms with Crippen LogP contribution in [0, 0.1) is 5.41 Å². The Kier molecular flexibility index (Phi) is 9.77. The second-order valence-corrected chi connectivity index (χ2v) is 7.71. The Morgan fingerprint density at radius 1 is 1.24 bits per heavy atom. The lowest BCUT2D eigenvalue weighted by molar-refractivity contribution is -0.114. The van der Waals surface area contributed by atoms with Crippen molar-refractivity contribution in [3.63, 3.8) is 0 Å². The summed E-state index contributed by atoms with van der Waals surface area (Å²) in [5.74, 6) is 1.39. The smallest absolute Gasteiger partial charge is 0.221 e. The molecule has 29 heavy (non-hydrogen) atoms. The monoisotopic (exact) mass is 404 g/mol. The van der Waals surface area contributed by atoms with E-state index < -0.39 is 0 Å².